The van der Waals surface area contributed by atoms with E-state index in [2.05, 4.69) is 18.7 Å². The Kier molecular flexibility index (Phi) is 14.0. The number of nitro benzene ring substituents is 1. The van der Waals surface area contributed by atoms with E-state index >= 15 is 0 Å². The number of hydrogen-bond donors (Lipinski definition) is 3. The molecule has 3 aromatic carbocycles. The molecule has 0 saturated heterocycles. The van der Waals surface area contributed by atoms with Crippen molar-refractivity contribution in [2.45, 2.75) is 82.6 Å². The van der Waals surface area contributed by atoms with Gasteiger partial charge in [-0.25, -0.2) is 0 Å². The molecule has 1 heterocycles. The molecule has 13 heteroatoms. The van der Waals surface area contributed by atoms with Gasteiger partial charge in [0.1, 0.15) is 24.1 Å². The SMILES string of the molecule is C=CCOC12Oc3ccc(O)cc3C3C(CCCCO)C(CCCCO)C=C(C(=NOCc4ccc([N+](=O)[O-])cc4)CC1N(CCC)C(=O)c1ccc(C#N)cc1)C32. The van der Waals surface area contributed by atoms with Crippen LogP contribution in [0, 0.1) is 39.2 Å². The minimum Gasteiger partial charge on any atom is -0.508 e. The van der Waals surface area contributed by atoms with Gasteiger partial charge in [-0.1, -0.05) is 37.1 Å². The fraction of sp³-hybridized carbons (Fsp3) is 0.444. The van der Waals surface area contributed by atoms with E-state index in [-0.39, 0.29) is 67.9 Å². The molecule has 1 saturated carbocycles. The summed E-state index contributed by atoms with van der Waals surface area (Å²) in [7, 11) is 0. The maximum Gasteiger partial charge on any atom is 0.269 e. The number of nitrogens with zero attached hydrogens (tertiary/aromatic N) is 4. The van der Waals surface area contributed by atoms with Crippen LogP contribution in [0.15, 0.2) is 96.2 Å². The molecule has 3 aliphatic rings. The molecule has 3 N–H and O–H groups in total. The highest BCUT2D eigenvalue weighted by Gasteiger charge is 2.65. The summed E-state index contributed by atoms with van der Waals surface area (Å²) < 4.78 is 14.1. The van der Waals surface area contributed by atoms with Gasteiger partial charge in [0, 0.05) is 55.4 Å². The zero-order valence-electron chi connectivity index (χ0n) is 32.9. The molecule has 58 heavy (non-hydrogen) atoms. The largest absolute Gasteiger partial charge is 0.508 e. The third-order valence-corrected chi connectivity index (χ3v) is 11.6. The maximum absolute atomic E-state index is 14.8. The summed E-state index contributed by atoms with van der Waals surface area (Å²) in [5.74, 6) is -1.97. The Morgan fingerprint density at radius 1 is 1.09 bits per heavy atom. The van der Waals surface area contributed by atoms with Gasteiger partial charge in [0.25, 0.3) is 11.6 Å². The number of phenols is 1. The highest BCUT2D eigenvalue weighted by atomic mass is 16.7. The summed E-state index contributed by atoms with van der Waals surface area (Å²) in [6.07, 6.45) is 8.98. The number of hydrogen-bond acceptors (Lipinski definition) is 11. The highest BCUT2D eigenvalue weighted by Crippen LogP contribution is 2.62. The number of amides is 1. The van der Waals surface area contributed by atoms with Crippen LogP contribution in [0.4, 0.5) is 5.69 Å². The molecule has 2 aliphatic carbocycles. The number of allylic oxidation sites excluding steroid dienone is 1. The van der Waals surface area contributed by atoms with Crippen LogP contribution in [0.1, 0.15) is 91.3 Å². The lowest BCUT2D eigenvalue weighted by Crippen LogP contribution is -2.70. The summed E-state index contributed by atoms with van der Waals surface area (Å²) >= 11 is 0. The molecule has 6 rings (SSSR count). The first-order valence-corrected chi connectivity index (χ1v) is 20.1. The van der Waals surface area contributed by atoms with E-state index < -0.39 is 22.7 Å². The van der Waals surface area contributed by atoms with E-state index in [1.54, 1.807) is 65.6 Å². The molecular formula is C45H52N4O9. The van der Waals surface area contributed by atoms with Crippen molar-refractivity contribution in [2.75, 3.05) is 26.4 Å². The molecule has 6 atom stereocenters. The number of aliphatic hydroxyl groups excluding tert-OH is 2. The molecular weight excluding hydrogens is 741 g/mol. The zero-order chi connectivity index (χ0) is 41.2. The summed E-state index contributed by atoms with van der Waals surface area (Å²) in [4.78, 5) is 33.5. The van der Waals surface area contributed by atoms with Gasteiger partial charge in [0.05, 0.1) is 34.8 Å². The number of unbranched alkanes of at least 4 members (excludes halogenated alkanes) is 2. The number of nitro groups is 1. The first-order valence-electron chi connectivity index (χ1n) is 20.1. The number of aromatic hydroxyl groups is 1. The number of ether oxygens (including phenoxy) is 2. The Hall–Kier alpha value is -5.55. The fourth-order valence-corrected chi connectivity index (χ4v) is 9.05. The number of carbonyl (C=O) groups excluding carboxylic acids is 1. The Morgan fingerprint density at radius 2 is 1.81 bits per heavy atom. The van der Waals surface area contributed by atoms with Crippen molar-refractivity contribution in [3.8, 4) is 17.6 Å². The van der Waals surface area contributed by atoms with Gasteiger partial charge in [0.15, 0.2) is 0 Å². The van der Waals surface area contributed by atoms with Crippen LogP contribution in [0.5, 0.6) is 11.5 Å². The van der Waals surface area contributed by atoms with E-state index in [1.807, 2.05) is 6.92 Å². The number of oxime groups is 1. The van der Waals surface area contributed by atoms with Crippen molar-refractivity contribution in [1.29, 1.82) is 5.26 Å². The molecule has 6 unspecified atom stereocenters. The number of aliphatic hydroxyl groups is 2. The zero-order valence-corrected chi connectivity index (χ0v) is 32.9. The topological polar surface area (TPSA) is 188 Å². The molecule has 0 spiro atoms. The number of phenolic OH excluding ortho intramolecular Hbond substituents is 1. The van der Waals surface area contributed by atoms with Crippen molar-refractivity contribution in [2.24, 2.45) is 22.9 Å². The first kappa shape index (κ1) is 42.1. The van der Waals surface area contributed by atoms with E-state index in [9.17, 15) is 35.5 Å². The summed E-state index contributed by atoms with van der Waals surface area (Å²) in [6.45, 7) is 6.56. The molecule has 1 amide bonds. The minimum absolute atomic E-state index is 0.00923. The summed E-state index contributed by atoms with van der Waals surface area (Å²) in [5, 5.41) is 56.2. The molecule has 13 nitrogen and oxygen atoms in total. The van der Waals surface area contributed by atoms with Gasteiger partial charge in [-0.3, -0.25) is 14.9 Å². The van der Waals surface area contributed by atoms with Crippen LogP contribution < -0.4 is 4.74 Å². The van der Waals surface area contributed by atoms with Crippen LogP contribution in [0.3, 0.4) is 0 Å². The van der Waals surface area contributed by atoms with Gasteiger partial charge in [-0.2, -0.15) is 5.26 Å². The van der Waals surface area contributed by atoms with Crippen LogP contribution in [0.25, 0.3) is 0 Å². The van der Waals surface area contributed by atoms with E-state index in [4.69, 9.17) is 19.5 Å². The second kappa shape index (κ2) is 19.3. The maximum atomic E-state index is 14.8. The van der Waals surface area contributed by atoms with Crippen LogP contribution in [-0.2, 0) is 16.2 Å². The van der Waals surface area contributed by atoms with Gasteiger partial charge in [-0.15, -0.1) is 6.58 Å². The Morgan fingerprint density at radius 3 is 2.47 bits per heavy atom. The van der Waals surface area contributed by atoms with Crippen molar-refractivity contribution in [1.82, 2.24) is 4.90 Å². The number of benzene rings is 3. The van der Waals surface area contributed by atoms with E-state index in [0.29, 0.717) is 54.0 Å². The molecule has 306 valence electrons. The second-order valence-corrected chi connectivity index (χ2v) is 15.2. The molecule has 1 fully saturated rings. The van der Waals surface area contributed by atoms with Gasteiger partial charge < -0.3 is 34.5 Å². The Labute approximate surface area is 339 Å². The molecule has 0 bridgehead atoms. The smallest absolute Gasteiger partial charge is 0.269 e. The number of nitriles is 1. The van der Waals surface area contributed by atoms with Crippen molar-refractivity contribution in [3.05, 3.63) is 123 Å². The number of fused-ring (bicyclic) bond motifs is 2. The third-order valence-electron chi connectivity index (χ3n) is 11.6. The van der Waals surface area contributed by atoms with Gasteiger partial charge in [0.2, 0.25) is 5.79 Å². The molecule has 0 radical (unpaired) electrons. The van der Waals surface area contributed by atoms with Crippen molar-refractivity contribution < 1.29 is 39.3 Å². The van der Waals surface area contributed by atoms with Crippen LogP contribution in [0.2, 0.25) is 0 Å². The van der Waals surface area contributed by atoms with E-state index in [1.165, 1.54) is 12.1 Å². The third kappa shape index (κ3) is 8.79. The summed E-state index contributed by atoms with van der Waals surface area (Å²) in [5.41, 5.74) is 3.72. The van der Waals surface area contributed by atoms with E-state index in [0.717, 1.165) is 36.8 Å². The number of carbonyl (C=O) groups is 1. The molecule has 1 aliphatic heterocycles. The molecule has 3 aromatic rings. The van der Waals surface area contributed by atoms with Crippen molar-refractivity contribution >= 4 is 17.3 Å². The number of non-ortho nitro benzene ring substituents is 1. The first-order chi connectivity index (χ1) is 28.2. The normalized spacial score (nSPS) is 23.7. The highest BCUT2D eigenvalue weighted by molar-refractivity contribution is 6.03. The van der Waals surface area contributed by atoms with Gasteiger partial charge >= 0.3 is 0 Å². The lowest BCUT2D eigenvalue weighted by Gasteiger charge is -2.60. The lowest BCUT2D eigenvalue weighted by atomic mass is 9.55. The Balaban J connectivity index is 1.56. The second-order valence-electron chi connectivity index (χ2n) is 15.2. The predicted octanol–water partition coefficient (Wildman–Crippen LogP) is 7.56. The minimum atomic E-state index is -1.46. The van der Waals surface area contributed by atoms with Crippen LogP contribution in [-0.4, -0.2) is 75.0 Å². The quantitative estimate of drug-likeness (QED) is 0.0473. The summed E-state index contributed by atoms with van der Waals surface area (Å²) in [6, 6.07) is 19.1. The number of rotatable bonds is 19. The predicted molar refractivity (Wildman–Crippen MR) is 217 cm³/mol. The van der Waals surface area contributed by atoms with Crippen molar-refractivity contribution in [3.63, 3.8) is 0 Å². The monoisotopic (exact) mass is 792 g/mol. The Bertz CT molecular complexity index is 2030. The van der Waals surface area contributed by atoms with Gasteiger partial charge in [-0.05, 0) is 110 Å². The fourth-order valence-electron chi connectivity index (χ4n) is 9.05. The molecule has 0 aromatic heterocycles. The lowest BCUT2D eigenvalue weighted by molar-refractivity contribution is -0.384. The standard InChI is InChI=1S/C45H52N4O9/c1-3-21-48(44(53)32-15-11-30(28-46)12-16-32)41-27-39(47-57-29-31-13-17-34(18-14-31)49(54)55)37-25-33(9-5-7-22-50)36(10-6-8-23-51)42-38-26-35(52)19-20-40(38)58-45(41,43(37)42)56-24-4-2/h4,11-20,25-26,33,36,41-43,50-52H,2-3,5-10,21-24,27,29H2,1H3. The average molecular weight is 793 g/mol. The average Bonchev–Trinajstić information content (AvgIpc) is 3.23. The van der Waals surface area contributed by atoms with Crippen LogP contribution >= 0.6 is 0 Å².